The third-order valence-corrected chi connectivity index (χ3v) is 6.24. The number of carbonyl (C=O) groups is 3. The Hall–Kier alpha value is -4.81. The van der Waals surface area contributed by atoms with E-state index in [0.717, 1.165) is 41.7 Å². The quantitative estimate of drug-likeness (QED) is 0.258. The van der Waals surface area contributed by atoms with Crippen molar-refractivity contribution < 1.29 is 37.6 Å². The Morgan fingerprint density at radius 3 is 2.38 bits per heavy atom. The Balaban J connectivity index is 0.000000616. The highest BCUT2D eigenvalue weighted by Crippen LogP contribution is 2.21. The summed E-state index contributed by atoms with van der Waals surface area (Å²) in [7, 11) is 0. The van der Waals surface area contributed by atoms with E-state index >= 15 is 0 Å². The number of halogens is 3. The number of hydrogen-bond acceptors (Lipinski definition) is 6. The zero-order chi connectivity index (χ0) is 30.7. The van der Waals surface area contributed by atoms with Crippen LogP contribution in [0.1, 0.15) is 50.9 Å². The molecule has 0 saturated heterocycles. The van der Waals surface area contributed by atoms with Crippen molar-refractivity contribution in [2.45, 2.75) is 57.8 Å². The highest BCUT2D eigenvalue weighted by atomic mass is 19.4. The summed E-state index contributed by atoms with van der Waals surface area (Å²) in [4.78, 5) is 56.1. The lowest BCUT2D eigenvalue weighted by Gasteiger charge is -2.15. The number of H-pyrrole nitrogens is 2. The topological polar surface area (TPSA) is 151 Å². The molecule has 0 aliphatic heterocycles. The molecule has 2 aromatic heterocycles. The SMILES string of the molecule is CC(=O)CCCCC[C@H](NC(=O)Cn1c(=O)ncc2ccccc21)c1[nH]c(-c2ccccc2)c[nH+]1.O=C([O-])C(F)(F)F. The molecule has 0 unspecified atom stereocenters. The van der Waals surface area contributed by atoms with Gasteiger partial charge in [0.25, 0.3) is 5.82 Å². The van der Waals surface area contributed by atoms with Crippen molar-refractivity contribution in [3.63, 3.8) is 0 Å². The van der Waals surface area contributed by atoms with E-state index in [0.29, 0.717) is 18.4 Å². The molecule has 0 fully saturated rings. The zero-order valence-corrected chi connectivity index (χ0v) is 22.7. The number of ketones is 1. The van der Waals surface area contributed by atoms with Gasteiger partial charge in [0.15, 0.2) is 5.69 Å². The van der Waals surface area contributed by atoms with Gasteiger partial charge in [0.1, 0.15) is 30.5 Å². The molecule has 2 heterocycles. The van der Waals surface area contributed by atoms with Gasteiger partial charge in [-0.1, -0.05) is 61.4 Å². The van der Waals surface area contributed by atoms with Crippen molar-refractivity contribution in [3.8, 4) is 11.3 Å². The summed E-state index contributed by atoms with van der Waals surface area (Å²) in [6, 6.07) is 17.0. The lowest BCUT2D eigenvalue weighted by atomic mass is 10.1. The Bertz CT molecular complexity index is 1570. The summed E-state index contributed by atoms with van der Waals surface area (Å²) in [6.07, 6.45) is 2.05. The van der Waals surface area contributed by atoms with Crippen LogP contribution in [-0.2, 0) is 20.9 Å². The molecule has 3 N–H and O–H groups in total. The van der Waals surface area contributed by atoms with Gasteiger partial charge in [-0.2, -0.15) is 13.2 Å². The van der Waals surface area contributed by atoms with Gasteiger partial charge in [-0.3, -0.25) is 9.36 Å². The predicted molar refractivity (Wildman–Crippen MR) is 144 cm³/mol. The second-order valence-corrected chi connectivity index (χ2v) is 9.50. The third kappa shape index (κ3) is 9.39. The molecular formula is C29H30F3N5O5. The number of carbonyl (C=O) groups excluding carboxylic acids is 3. The molecule has 0 spiro atoms. The molecule has 0 radical (unpaired) electrons. The lowest BCUT2D eigenvalue weighted by Crippen LogP contribution is -2.37. The molecule has 1 amide bonds. The summed E-state index contributed by atoms with van der Waals surface area (Å²) < 4.78 is 32.9. The Labute approximate surface area is 238 Å². The van der Waals surface area contributed by atoms with Gasteiger partial charge in [0, 0.05) is 23.6 Å². The number of hydrogen-bond donors (Lipinski definition) is 2. The second-order valence-electron chi connectivity index (χ2n) is 9.50. The number of unbranched alkanes of at least 4 members (excludes halogenated alkanes) is 2. The van der Waals surface area contributed by atoms with Gasteiger partial charge in [-0.15, -0.1) is 0 Å². The van der Waals surface area contributed by atoms with E-state index in [1.165, 1.54) is 10.8 Å². The van der Waals surface area contributed by atoms with Crippen LogP contribution in [0.4, 0.5) is 13.2 Å². The van der Waals surface area contributed by atoms with Crippen LogP contribution >= 0.6 is 0 Å². The molecule has 0 saturated carbocycles. The maximum Gasteiger partial charge on any atom is 0.430 e. The van der Waals surface area contributed by atoms with Gasteiger partial charge < -0.3 is 20.0 Å². The molecule has 222 valence electrons. The molecule has 0 aliphatic carbocycles. The lowest BCUT2D eigenvalue weighted by molar-refractivity contribution is -0.391. The fourth-order valence-corrected chi connectivity index (χ4v) is 4.19. The van der Waals surface area contributed by atoms with E-state index in [4.69, 9.17) is 9.90 Å². The van der Waals surface area contributed by atoms with Crippen molar-refractivity contribution in [2.75, 3.05) is 0 Å². The number of fused-ring (bicyclic) bond motifs is 1. The Morgan fingerprint density at radius 2 is 1.71 bits per heavy atom. The highest BCUT2D eigenvalue weighted by Gasteiger charge is 2.29. The van der Waals surface area contributed by atoms with Crippen LogP contribution in [-0.4, -0.2) is 38.4 Å². The van der Waals surface area contributed by atoms with E-state index in [1.54, 1.807) is 6.92 Å². The van der Waals surface area contributed by atoms with E-state index in [2.05, 4.69) is 20.3 Å². The minimum atomic E-state index is -5.19. The summed E-state index contributed by atoms with van der Waals surface area (Å²) in [5.41, 5.74) is 2.17. The monoisotopic (exact) mass is 585 g/mol. The number of Topliss-reactive ketones (excluding diaryl/α,β-unsaturated/α-hetero) is 1. The normalized spacial score (nSPS) is 11.8. The van der Waals surface area contributed by atoms with Gasteiger partial charge >= 0.3 is 11.9 Å². The minimum absolute atomic E-state index is 0.125. The first-order valence-corrected chi connectivity index (χ1v) is 13.1. The molecule has 2 aromatic carbocycles. The molecule has 0 bridgehead atoms. The summed E-state index contributed by atoms with van der Waals surface area (Å²) in [5.74, 6) is -2.31. The Morgan fingerprint density at radius 1 is 1.05 bits per heavy atom. The number of carboxylic acid groups (broad SMARTS) is 1. The molecule has 0 aliphatic rings. The maximum absolute atomic E-state index is 13.1. The van der Waals surface area contributed by atoms with Crippen molar-refractivity contribution in [2.24, 2.45) is 0 Å². The van der Waals surface area contributed by atoms with E-state index in [-0.39, 0.29) is 24.3 Å². The molecular weight excluding hydrogens is 555 g/mol. The average Bonchev–Trinajstić information content (AvgIpc) is 3.44. The van der Waals surface area contributed by atoms with Crippen LogP contribution in [0, 0.1) is 0 Å². The first kappa shape index (κ1) is 31.7. The average molecular weight is 586 g/mol. The number of nitrogens with zero attached hydrogens (tertiary/aromatic N) is 2. The van der Waals surface area contributed by atoms with Gasteiger partial charge in [-0.05, 0) is 25.8 Å². The summed E-state index contributed by atoms with van der Waals surface area (Å²) in [6.45, 7) is 1.48. The molecule has 42 heavy (non-hydrogen) atoms. The van der Waals surface area contributed by atoms with Crippen molar-refractivity contribution >= 4 is 28.6 Å². The van der Waals surface area contributed by atoms with Crippen LogP contribution in [0.5, 0.6) is 0 Å². The van der Waals surface area contributed by atoms with Gasteiger partial charge in [0.2, 0.25) is 5.91 Å². The van der Waals surface area contributed by atoms with Crippen LogP contribution < -0.4 is 21.1 Å². The van der Waals surface area contributed by atoms with E-state index < -0.39 is 17.8 Å². The number of imidazole rings is 1. The van der Waals surface area contributed by atoms with Gasteiger partial charge in [0.05, 0.1) is 5.52 Å². The van der Waals surface area contributed by atoms with Crippen LogP contribution in [0.3, 0.4) is 0 Å². The predicted octanol–water partition coefficient (Wildman–Crippen LogP) is 2.90. The highest BCUT2D eigenvalue weighted by molar-refractivity contribution is 5.81. The number of nitrogens with one attached hydrogen (secondary N) is 3. The van der Waals surface area contributed by atoms with Crippen molar-refractivity contribution in [3.05, 3.63) is 83.3 Å². The number of aromatic amines is 2. The number of rotatable bonds is 11. The van der Waals surface area contributed by atoms with Crippen molar-refractivity contribution in [1.29, 1.82) is 0 Å². The summed E-state index contributed by atoms with van der Waals surface area (Å²) in [5, 5.41) is 12.7. The number of aromatic nitrogens is 4. The summed E-state index contributed by atoms with van der Waals surface area (Å²) >= 11 is 0. The van der Waals surface area contributed by atoms with Crippen LogP contribution in [0.2, 0.25) is 0 Å². The molecule has 4 aromatic rings. The maximum atomic E-state index is 13.1. The second kappa shape index (κ2) is 14.7. The third-order valence-electron chi connectivity index (χ3n) is 6.24. The molecule has 13 heteroatoms. The number of carboxylic acids is 1. The van der Waals surface area contributed by atoms with E-state index in [1.807, 2.05) is 60.8 Å². The van der Waals surface area contributed by atoms with Crippen LogP contribution in [0.15, 0.2) is 71.8 Å². The minimum Gasteiger partial charge on any atom is -0.542 e. The molecule has 4 rings (SSSR count). The first-order chi connectivity index (χ1) is 20.0. The number of para-hydroxylation sites is 1. The zero-order valence-electron chi connectivity index (χ0n) is 22.7. The van der Waals surface area contributed by atoms with Crippen molar-refractivity contribution in [1.82, 2.24) is 19.9 Å². The number of amides is 1. The standard InChI is InChI=1S/C27H29N5O3.C2HF3O2/c1-19(33)10-4-2-7-14-22(26-28-17-23(31-26)20-11-5-3-6-12-20)30-25(34)18-32-24-15-9-8-13-21(24)16-29-27(32)35;3-2(4,5)1(6)7/h3,5-6,8-9,11-13,15-17,22H,2,4,7,10,14,18H2,1H3,(H,28,31)(H,30,34);(H,6,7)/t22-;/m0./s1. The smallest absolute Gasteiger partial charge is 0.430 e. The fraction of sp³-hybridized carbons (Fsp3) is 0.310. The van der Waals surface area contributed by atoms with E-state index in [9.17, 15) is 27.6 Å². The largest absolute Gasteiger partial charge is 0.542 e. The van der Waals surface area contributed by atoms with Gasteiger partial charge in [-0.25, -0.2) is 19.7 Å². The number of alkyl halides is 3. The number of aliphatic carboxylic acids is 1. The van der Waals surface area contributed by atoms with Crippen LogP contribution in [0.25, 0.3) is 22.2 Å². The molecule has 1 atom stereocenters. The fourth-order valence-electron chi connectivity index (χ4n) is 4.19. The first-order valence-electron chi connectivity index (χ1n) is 13.1. The number of benzene rings is 2. The Kier molecular flexibility index (Phi) is 11.1. The molecule has 10 nitrogen and oxygen atoms in total.